The molecule has 2 aromatic heterocycles. The van der Waals surface area contributed by atoms with E-state index in [-0.39, 0.29) is 15.6 Å². The topological polar surface area (TPSA) is 83.7 Å². The summed E-state index contributed by atoms with van der Waals surface area (Å²) in [6.07, 6.45) is 0. The molecule has 3 heterocycles. The second-order valence-electron chi connectivity index (χ2n) is 8.71. The second-order valence-corrected chi connectivity index (χ2v) is 10.6. The van der Waals surface area contributed by atoms with Gasteiger partial charge in [-0.3, -0.25) is 0 Å². The number of rotatable bonds is 4. The van der Waals surface area contributed by atoms with Gasteiger partial charge in [0.05, 0.1) is 10.4 Å². The molecule has 0 radical (unpaired) electrons. The average molecular weight is 485 g/mol. The molecule has 1 aliphatic heterocycles. The number of fused-ring (bicyclic) bond motifs is 3. The summed E-state index contributed by atoms with van der Waals surface area (Å²) in [5.41, 5.74) is 3.46. The van der Waals surface area contributed by atoms with Crippen LogP contribution < -0.4 is 9.80 Å². The summed E-state index contributed by atoms with van der Waals surface area (Å²) in [6, 6.07) is 24.7. The van der Waals surface area contributed by atoms with Crippen molar-refractivity contribution < 1.29 is 8.42 Å². The maximum Gasteiger partial charge on any atom is 0.229 e. The van der Waals surface area contributed by atoms with Crippen molar-refractivity contribution in [3.63, 3.8) is 0 Å². The Hall–Kier alpha value is -3.98. The van der Waals surface area contributed by atoms with E-state index in [2.05, 4.69) is 51.3 Å². The fourth-order valence-electron chi connectivity index (χ4n) is 4.59. The van der Waals surface area contributed by atoms with Crippen LogP contribution in [0.2, 0.25) is 0 Å². The van der Waals surface area contributed by atoms with E-state index < -0.39 is 9.84 Å². The normalized spacial score (nSPS) is 14.7. The SMILES string of the molecule is Cc1ccc(N2CCN(c3nc4c(S(=O)(=O)c5ccccc5)nnn4c4ccccc34)CC2)cc1. The maximum atomic E-state index is 13.4. The number of sulfone groups is 1. The molecule has 176 valence electrons. The summed E-state index contributed by atoms with van der Waals surface area (Å²) in [4.78, 5) is 9.61. The Labute approximate surface area is 203 Å². The standard InChI is InChI=1S/C26H24N6O2S/c1-19-11-13-20(14-12-19)30-15-17-31(18-16-30)24-22-9-5-6-10-23(22)32-25(27-24)26(28-29-32)35(33,34)21-7-3-2-4-8-21/h2-14H,15-18H2,1H3. The van der Waals surface area contributed by atoms with Crippen molar-refractivity contribution in [1.29, 1.82) is 0 Å². The van der Waals surface area contributed by atoms with Gasteiger partial charge in [0.15, 0.2) is 5.65 Å². The summed E-state index contributed by atoms with van der Waals surface area (Å²) in [7, 11) is -3.87. The Morgan fingerprint density at radius 2 is 1.43 bits per heavy atom. The van der Waals surface area contributed by atoms with E-state index in [0.29, 0.717) is 0 Å². The molecule has 0 amide bonds. The van der Waals surface area contributed by atoms with Gasteiger partial charge >= 0.3 is 0 Å². The third-order valence-corrected chi connectivity index (χ3v) is 8.15. The zero-order chi connectivity index (χ0) is 24.0. The summed E-state index contributed by atoms with van der Waals surface area (Å²) < 4.78 is 28.3. The first-order valence-electron chi connectivity index (χ1n) is 11.5. The third kappa shape index (κ3) is 3.68. The van der Waals surface area contributed by atoms with Gasteiger partial charge in [-0.25, -0.2) is 13.4 Å². The fraction of sp³-hybridized carbons (Fsp3) is 0.192. The maximum absolute atomic E-state index is 13.4. The average Bonchev–Trinajstić information content (AvgIpc) is 3.35. The second kappa shape index (κ2) is 8.35. The molecular formula is C26H24N6O2S. The fourth-order valence-corrected chi connectivity index (χ4v) is 5.84. The van der Waals surface area contributed by atoms with Crippen molar-refractivity contribution >= 4 is 37.9 Å². The van der Waals surface area contributed by atoms with Gasteiger partial charge < -0.3 is 9.80 Å². The highest BCUT2D eigenvalue weighted by Gasteiger charge is 2.28. The number of piperazine rings is 1. The smallest absolute Gasteiger partial charge is 0.229 e. The molecule has 6 rings (SSSR count). The number of hydrogen-bond donors (Lipinski definition) is 0. The van der Waals surface area contributed by atoms with Crippen molar-refractivity contribution in [3.05, 3.63) is 84.4 Å². The first kappa shape index (κ1) is 21.5. The molecule has 0 bridgehead atoms. The molecule has 8 nitrogen and oxygen atoms in total. The number of aryl methyl sites for hydroxylation is 1. The van der Waals surface area contributed by atoms with Gasteiger partial charge in [-0.2, -0.15) is 4.52 Å². The number of nitrogens with zero attached hydrogens (tertiary/aromatic N) is 6. The van der Waals surface area contributed by atoms with Crippen LogP contribution in [0.15, 0.2) is 88.8 Å². The van der Waals surface area contributed by atoms with Gasteiger partial charge in [0.25, 0.3) is 0 Å². The Morgan fingerprint density at radius 1 is 0.771 bits per heavy atom. The van der Waals surface area contributed by atoms with E-state index in [1.165, 1.54) is 15.8 Å². The van der Waals surface area contributed by atoms with Gasteiger partial charge in [0, 0.05) is 37.3 Å². The lowest BCUT2D eigenvalue weighted by Crippen LogP contribution is -2.47. The molecule has 5 aromatic rings. The predicted octanol–water partition coefficient (Wildman–Crippen LogP) is 3.75. The first-order chi connectivity index (χ1) is 17.0. The molecular weight excluding hydrogens is 460 g/mol. The Balaban J connectivity index is 1.42. The molecule has 1 fully saturated rings. The van der Waals surface area contributed by atoms with Crippen molar-refractivity contribution in [2.45, 2.75) is 16.8 Å². The molecule has 3 aromatic carbocycles. The highest BCUT2D eigenvalue weighted by Crippen LogP contribution is 2.30. The molecule has 0 N–H and O–H groups in total. The molecule has 0 unspecified atom stereocenters. The lowest BCUT2D eigenvalue weighted by atomic mass is 10.2. The predicted molar refractivity (Wildman–Crippen MR) is 136 cm³/mol. The largest absolute Gasteiger partial charge is 0.368 e. The van der Waals surface area contributed by atoms with Gasteiger partial charge in [-0.1, -0.05) is 53.2 Å². The van der Waals surface area contributed by atoms with E-state index in [1.54, 1.807) is 30.3 Å². The van der Waals surface area contributed by atoms with Crippen LogP contribution in [0.5, 0.6) is 0 Å². The molecule has 0 aliphatic carbocycles. The van der Waals surface area contributed by atoms with Crippen LogP contribution in [0.3, 0.4) is 0 Å². The van der Waals surface area contributed by atoms with Gasteiger partial charge in [0.2, 0.25) is 14.9 Å². The van der Waals surface area contributed by atoms with E-state index in [4.69, 9.17) is 4.98 Å². The molecule has 1 saturated heterocycles. The van der Waals surface area contributed by atoms with E-state index in [9.17, 15) is 8.42 Å². The minimum Gasteiger partial charge on any atom is -0.368 e. The minimum atomic E-state index is -3.87. The summed E-state index contributed by atoms with van der Waals surface area (Å²) in [5.74, 6) is 0.753. The lowest BCUT2D eigenvalue weighted by Gasteiger charge is -2.37. The van der Waals surface area contributed by atoms with E-state index >= 15 is 0 Å². The van der Waals surface area contributed by atoms with Crippen molar-refractivity contribution in [3.8, 4) is 0 Å². The monoisotopic (exact) mass is 484 g/mol. The zero-order valence-corrected chi connectivity index (χ0v) is 20.1. The summed E-state index contributed by atoms with van der Waals surface area (Å²) in [6.45, 7) is 5.31. The summed E-state index contributed by atoms with van der Waals surface area (Å²) >= 11 is 0. The van der Waals surface area contributed by atoms with Crippen LogP contribution in [0.25, 0.3) is 16.6 Å². The van der Waals surface area contributed by atoms with Crippen LogP contribution in [0, 0.1) is 6.92 Å². The third-order valence-electron chi connectivity index (χ3n) is 6.49. The van der Waals surface area contributed by atoms with Crippen LogP contribution >= 0.6 is 0 Å². The number of benzene rings is 3. The lowest BCUT2D eigenvalue weighted by molar-refractivity contribution is 0.592. The minimum absolute atomic E-state index is 0.131. The Bertz CT molecular complexity index is 1620. The number of hydrogen-bond acceptors (Lipinski definition) is 7. The number of aromatic nitrogens is 4. The molecule has 9 heteroatoms. The summed E-state index contributed by atoms with van der Waals surface area (Å²) in [5, 5.41) is 9.04. The molecule has 1 aliphatic rings. The van der Waals surface area contributed by atoms with E-state index in [0.717, 1.165) is 42.9 Å². The van der Waals surface area contributed by atoms with E-state index in [1.807, 2.05) is 24.3 Å². The van der Waals surface area contributed by atoms with Gasteiger partial charge in [0.1, 0.15) is 5.82 Å². The molecule has 35 heavy (non-hydrogen) atoms. The van der Waals surface area contributed by atoms with Crippen LogP contribution in [-0.2, 0) is 9.84 Å². The highest BCUT2D eigenvalue weighted by atomic mass is 32.2. The van der Waals surface area contributed by atoms with Crippen LogP contribution in [-0.4, -0.2) is 54.4 Å². The van der Waals surface area contributed by atoms with Crippen LogP contribution in [0.4, 0.5) is 11.5 Å². The quantitative estimate of drug-likeness (QED) is 0.384. The van der Waals surface area contributed by atoms with Gasteiger partial charge in [-0.05, 0) is 43.3 Å². The van der Waals surface area contributed by atoms with Crippen molar-refractivity contribution in [2.24, 2.45) is 0 Å². The van der Waals surface area contributed by atoms with Crippen molar-refractivity contribution in [2.75, 3.05) is 36.0 Å². The van der Waals surface area contributed by atoms with Crippen molar-refractivity contribution in [1.82, 2.24) is 19.8 Å². The highest BCUT2D eigenvalue weighted by molar-refractivity contribution is 7.91. The number of para-hydroxylation sites is 1. The first-order valence-corrected chi connectivity index (χ1v) is 13.0. The Kier molecular flexibility index (Phi) is 5.14. The zero-order valence-electron chi connectivity index (χ0n) is 19.2. The molecule has 0 spiro atoms. The van der Waals surface area contributed by atoms with Gasteiger partial charge in [-0.15, -0.1) is 5.10 Å². The van der Waals surface area contributed by atoms with Crippen LogP contribution in [0.1, 0.15) is 5.56 Å². The molecule has 0 saturated carbocycles. The molecule has 0 atom stereocenters. The number of anilines is 2. The Morgan fingerprint density at radius 3 is 2.17 bits per heavy atom.